The second-order valence-corrected chi connectivity index (χ2v) is 5.16. The van der Waals surface area contributed by atoms with Gasteiger partial charge >= 0.3 is 18.1 Å². The molecule has 0 aliphatic carbocycles. The third-order valence-electron chi connectivity index (χ3n) is 3.41. The van der Waals surface area contributed by atoms with Crippen molar-refractivity contribution in [3.8, 4) is 0 Å². The summed E-state index contributed by atoms with van der Waals surface area (Å²) in [6.07, 6.45) is -4.27. The van der Waals surface area contributed by atoms with Gasteiger partial charge < -0.3 is 0 Å². The molecule has 2 heterocycles. The van der Waals surface area contributed by atoms with Crippen molar-refractivity contribution in [3.05, 3.63) is 59.7 Å². The number of nitrogens with zero attached hydrogens (tertiary/aromatic N) is 6. The summed E-state index contributed by atoms with van der Waals surface area (Å²) >= 11 is 0. The minimum absolute atomic E-state index is 0.111. The van der Waals surface area contributed by atoms with Crippen LogP contribution in [0, 0.1) is 0 Å². The molecule has 2 aromatic heterocycles. The van der Waals surface area contributed by atoms with Gasteiger partial charge in [0.2, 0.25) is 0 Å². The molecule has 0 aliphatic rings. The van der Waals surface area contributed by atoms with Crippen LogP contribution in [-0.2, 0) is 12.3 Å². The van der Waals surface area contributed by atoms with Gasteiger partial charge in [-0.3, -0.25) is 0 Å². The Balaban J connectivity index is 2.12. The van der Waals surface area contributed by atoms with Crippen molar-refractivity contribution >= 4 is 6.03 Å². The Morgan fingerprint density at radius 2 is 1.73 bits per heavy atom. The van der Waals surface area contributed by atoms with E-state index >= 15 is 0 Å². The van der Waals surface area contributed by atoms with Crippen LogP contribution >= 0.6 is 0 Å². The maximum atomic E-state index is 14.1. The first-order valence-corrected chi connectivity index (χ1v) is 7.06. The molecule has 0 atom stereocenters. The van der Waals surface area contributed by atoms with Crippen molar-refractivity contribution < 1.29 is 26.7 Å². The SMILES string of the molecule is O=C(n1ccnn1)n1nnc(Cc2ccccc2)c1C(F)(F)C(F)(F)F. The van der Waals surface area contributed by atoms with Gasteiger partial charge in [-0.15, -0.1) is 10.2 Å². The zero-order valence-corrected chi connectivity index (χ0v) is 12.7. The lowest BCUT2D eigenvalue weighted by atomic mass is 10.1. The highest BCUT2D eigenvalue weighted by Gasteiger charge is 2.62. The number of hydrogen-bond acceptors (Lipinski definition) is 5. The topological polar surface area (TPSA) is 78.5 Å². The van der Waals surface area contributed by atoms with Crippen LogP contribution < -0.4 is 0 Å². The van der Waals surface area contributed by atoms with Gasteiger partial charge in [0.1, 0.15) is 0 Å². The number of rotatable bonds is 3. The Morgan fingerprint density at radius 1 is 1.04 bits per heavy atom. The zero-order chi connectivity index (χ0) is 18.9. The van der Waals surface area contributed by atoms with E-state index in [-0.39, 0.29) is 11.1 Å². The van der Waals surface area contributed by atoms with E-state index in [1.54, 1.807) is 18.2 Å². The van der Waals surface area contributed by atoms with Crippen LogP contribution in [0.15, 0.2) is 42.7 Å². The van der Waals surface area contributed by atoms with Crippen LogP contribution in [0.3, 0.4) is 0 Å². The molecule has 1 aromatic carbocycles. The number of alkyl halides is 5. The van der Waals surface area contributed by atoms with E-state index in [2.05, 4.69) is 20.6 Å². The van der Waals surface area contributed by atoms with Gasteiger partial charge in [0.05, 0.1) is 18.1 Å². The molecular formula is C14H9F5N6O. The zero-order valence-electron chi connectivity index (χ0n) is 12.7. The molecule has 0 radical (unpaired) electrons. The van der Waals surface area contributed by atoms with Crippen molar-refractivity contribution in [2.75, 3.05) is 0 Å². The summed E-state index contributed by atoms with van der Waals surface area (Å²) in [5, 5.41) is 13.1. The lowest BCUT2D eigenvalue weighted by Gasteiger charge is -2.20. The number of carbonyl (C=O) groups excluding carboxylic acids is 1. The van der Waals surface area contributed by atoms with E-state index in [0.717, 1.165) is 12.4 Å². The molecule has 26 heavy (non-hydrogen) atoms. The molecule has 136 valence electrons. The molecule has 0 spiro atoms. The molecule has 0 bridgehead atoms. The van der Waals surface area contributed by atoms with E-state index in [9.17, 15) is 26.7 Å². The van der Waals surface area contributed by atoms with Crippen LogP contribution in [-0.4, -0.2) is 42.2 Å². The van der Waals surface area contributed by atoms with Crippen molar-refractivity contribution in [2.45, 2.75) is 18.5 Å². The largest absolute Gasteiger partial charge is 0.459 e. The molecule has 3 rings (SSSR count). The van der Waals surface area contributed by atoms with Crippen LogP contribution in [0.4, 0.5) is 26.7 Å². The summed E-state index contributed by atoms with van der Waals surface area (Å²) in [7, 11) is 0. The van der Waals surface area contributed by atoms with E-state index in [1.807, 2.05) is 0 Å². The molecule has 0 saturated carbocycles. The monoisotopic (exact) mass is 372 g/mol. The molecule has 3 aromatic rings. The number of hydrogen-bond donors (Lipinski definition) is 0. The van der Waals surface area contributed by atoms with E-state index in [1.165, 1.54) is 12.1 Å². The maximum absolute atomic E-state index is 14.1. The van der Waals surface area contributed by atoms with Crippen LogP contribution in [0.25, 0.3) is 0 Å². The average Bonchev–Trinajstić information content (AvgIpc) is 3.24. The van der Waals surface area contributed by atoms with Crippen molar-refractivity contribution in [2.24, 2.45) is 0 Å². The van der Waals surface area contributed by atoms with Crippen molar-refractivity contribution in [1.29, 1.82) is 0 Å². The summed E-state index contributed by atoms with van der Waals surface area (Å²) in [6, 6.07) is 6.50. The maximum Gasteiger partial charge on any atom is 0.459 e. The molecular weight excluding hydrogens is 363 g/mol. The van der Waals surface area contributed by atoms with Gasteiger partial charge in [-0.1, -0.05) is 40.8 Å². The Kier molecular flexibility index (Phi) is 4.26. The smallest absolute Gasteiger partial charge is 0.243 e. The quantitative estimate of drug-likeness (QED) is 0.661. The molecule has 0 amide bonds. The van der Waals surface area contributed by atoms with Gasteiger partial charge in [0.15, 0.2) is 5.69 Å². The first-order valence-electron chi connectivity index (χ1n) is 7.06. The normalized spacial score (nSPS) is 12.3. The Hall–Kier alpha value is -3.18. The molecule has 0 unspecified atom stereocenters. The average molecular weight is 372 g/mol. The number of halogens is 5. The molecule has 0 N–H and O–H groups in total. The highest BCUT2D eigenvalue weighted by atomic mass is 19.4. The predicted octanol–water partition coefficient (Wildman–Crippen LogP) is 2.63. The number of carbonyl (C=O) groups is 1. The summed E-state index contributed by atoms with van der Waals surface area (Å²) in [5.74, 6) is -5.35. The highest BCUT2D eigenvalue weighted by Crippen LogP contribution is 2.45. The third kappa shape index (κ3) is 3.05. The minimum atomic E-state index is -5.94. The van der Waals surface area contributed by atoms with Crippen molar-refractivity contribution in [3.63, 3.8) is 0 Å². The summed E-state index contributed by atoms with van der Waals surface area (Å²) in [4.78, 5) is 12.2. The van der Waals surface area contributed by atoms with E-state index in [4.69, 9.17) is 0 Å². The summed E-state index contributed by atoms with van der Waals surface area (Å²) in [5.41, 5.74) is -1.91. The summed E-state index contributed by atoms with van der Waals surface area (Å²) < 4.78 is 67.4. The lowest BCUT2D eigenvalue weighted by molar-refractivity contribution is -0.291. The molecule has 0 aliphatic heterocycles. The molecule has 0 saturated heterocycles. The molecule has 12 heteroatoms. The summed E-state index contributed by atoms with van der Waals surface area (Å²) in [6.45, 7) is 0. The molecule has 7 nitrogen and oxygen atoms in total. The van der Waals surface area contributed by atoms with Crippen molar-refractivity contribution in [1.82, 2.24) is 30.0 Å². The second-order valence-electron chi connectivity index (χ2n) is 5.16. The highest BCUT2D eigenvalue weighted by molar-refractivity contribution is 5.78. The predicted molar refractivity (Wildman–Crippen MR) is 75.4 cm³/mol. The van der Waals surface area contributed by atoms with E-state index in [0.29, 0.717) is 10.2 Å². The second kappa shape index (κ2) is 6.28. The van der Waals surface area contributed by atoms with Gasteiger partial charge in [-0.2, -0.15) is 31.3 Å². The molecule has 0 fully saturated rings. The van der Waals surface area contributed by atoms with Crippen LogP contribution in [0.5, 0.6) is 0 Å². The van der Waals surface area contributed by atoms with E-state index < -0.39 is 29.5 Å². The van der Waals surface area contributed by atoms with Crippen LogP contribution in [0.1, 0.15) is 17.0 Å². The van der Waals surface area contributed by atoms with Gasteiger partial charge in [-0.05, 0) is 5.56 Å². The first-order chi connectivity index (χ1) is 12.2. The van der Waals surface area contributed by atoms with Gasteiger partial charge in [-0.25, -0.2) is 4.79 Å². The fraction of sp³-hybridized carbons (Fsp3) is 0.214. The third-order valence-corrected chi connectivity index (χ3v) is 3.41. The lowest BCUT2D eigenvalue weighted by Crippen LogP contribution is -2.39. The fourth-order valence-corrected chi connectivity index (χ4v) is 2.21. The Bertz CT molecular complexity index is 904. The van der Waals surface area contributed by atoms with Gasteiger partial charge in [0.25, 0.3) is 0 Å². The number of aromatic nitrogens is 6. The Labute approximate surface area is 142 Å². The Morgan fingerprint density at radius 3 is 2.31 bits per heavy atom. The van der Waals surface area contributed by atoms with Crippen LogP contribution in [0.2, 0.25) is 0 Å². The minimum Gasteiger partial charge on any atom is -0.243 e. The first kappa shape index (κ1) is 17.6. The fourth-order valence-electron chi connectivity index (χ4n) is 2.21. The number of benzene rings is 1. The van der Waals surface area contributed by atoms with Gasteiger partial charge in [0, 0.05) is 6.42 Å². The standard InChI is InChI=1S/C14H9F5N6O/c15-13(16,14(17,18)19)11-10(8-9-4-2-1-3-5-9)21-23-25(11)12(26)24-7-6-20-22-24/h1-7H,8H2.